The average Bonchev–Trinajstić information content (AvgIpc) is 2.49. The molecule has 3 aromatic rings. The van der Waals surface area contributed by atoms with Crippen LogP contribution in [0.25, 0.3) is 15.9 Å². The molecule has 1 nitrogen and oxygen atoms in total. The maximum atomic E-state index is 4.71. The van der Waals surface area contributed by atoms with Crippen molar-refractivity contribution < 1.29 is 0 Å². The summed E-state index contributed by atoms with van der Waals surface area (Å²) in [4.78, 5) is 0. The normalized spacial score (nSPS) is 10.2. The molecule has 18 heavy (non-hydrogen) atoms. The van der Waals surface area contributed by atoms with Crippen LogP contribution in [-0.2, 0) is 0 Å². The van der Waals surface area contributed by atoms with Gasteiger partial charge in [-0.3, -0.25) is 4.64 Å². The van der Waals surface area contributed by atoms with E-state index in [9.17, 15) is 0 Å². The Bertz CT molecular complexity index is 577. The van der Waals surface area contributed by atoms with Crippen molar-refractivity contribution in [2.24, 2.45) is 0 Å². The highest BCUT2D eigenvalue weighted by Crippen LogP contribution is 2.20. The topological polar surface area (TPSA) is 12.9 Å². The second-order valence-electron chi connectivity index (χ2n) is 4.13. The van der Waals surface area contributed by atoms with E-state index in [0.717, 1.165) is 0 Å². The van der Waals surface area contributed by atoms with Gasteiger partial charge in [0, 0.05) is 6.20 Å². The summed E-state index contributed by atoms with van der Waals surface area (Å²) >= 11 is 0. The SMILES string of the molecule is c1ccc(-c2cccn[si]2-c2ccccc2)cc1. The molecule has 0 radical (unpaired) electrons. The van der Waals surface area contributed by atoms with Crippen molar-refractivity contribution in [1.29, 1.82) is 0 Å². The second-order valence-corrected chi connectivity index (χ2v) is 6.20. The summed E-state index contributed by atoms with van der Waals surface area (Å²) in [5.74, 6) is 0. The number of benzene rings is 2. The smallest absolute Gasteiger partial charge is 0.198 e. The van der Waals surface area contributed by atoms with Crippen LogP contribution in [0, 0.1) is 0 Å². The summed E-state index contributed by atoms with van der Waals surface area (Å²) in [5.41, 5.74) is 1.28. The Morgan fingerprint density at radius 3 is 2.06 bits per heavy atom. The van der Waals surface area contributed by atoms with Crippen LogP contribution in [0.1, 0.15) is 0 Å². The van der Waals surface area contributed by atoms with Crippen molar-refractivity contribution in [3.63, 3.8) is 0 Å². The van der Waals surface area contributed by atoms with Crippen molar-refractivity contribution in [1.82, 2.24) is 4.64 Å². The minimum absolute atomic E-state index is 1.02. The Kier molecular flexibility index (Phi) is 3.11. The van der Waals surface area contributed by atoms with E-state index < -0.39 is 8.57 Å². The van der Waals surface area contributed by atoms with Crippen LogP contribution in [0.3, 0.4) is 0 Å². The maximum absolute atomic E-state index is 4.71. The van der Waals surface area contributed by atoms with Crippen LogP contribution >= 0.6 is 0 Å². The zero-order chi connectivity index (χ0) is 12.2. The molecule has 0 atom stereocenters. The first-order valence-corrected chi connectivity index (χ1v) is 7.46. The van der Waals surface area contributed by atoms with Gasteiger partial charge in [-0.05, 0) is 22.0 Å². The number of aromatic nitrogens is 1. The van der Waals surface area contributed by atoms with Crippen LogP contribution in [0.4, 0.5) is 0 Å². The predicted molar refractivity (Wildman–Crippen MR) is 77.0 cm³/mol. The van der Waals surface area contributed by atoms with E-state index in [-0.39, 0.29) is 0 Å². The molecule has 0 fully saturated rings. The number of hydrogen-bond donors (Lipinski definition) is 0. The highest BCUT2D eigenvalue weighted by Gasteiger charge is 2.08. The molecule has 0 saturated heterocycles. The Morgan fingerprint density at radius 2 is 1.33 bits per heavy atom. The first kappa shape index (κ1) is 11.1. The van der Waals surface area contributed by atoms with E-state index >= 15 is 0 Å². The number of nitrogens with zero attached hydrogens (tertiary/aromatic N) is 1. The zero-order valence-corrected chi connectivity index (χ0v) is 11.0. The van der Waals surface area contributed by atoms with Crippen LogP contribution in [0.2, 0.25) is 0 Å². The Morgan fingerprint density at radius 1 is 0.667 bits per heavy atom. The fourth-order valence-corrected chi connectivity index (χ4v) is 4.12. The third-order valence-corrected chi connectivity index (χ3v) is 5.19. The Labute approximate surface area is 108 Å². The Hall–Kier alpha value is -2.06. The van der Waals surface area contributed by atoms with Crippen molar-refractivity contribution in [2.45, 2.75) is 0 Å². The van der Waals surface area contributed by atoms with Crippen molar-refractivity contribution in [3.05, 3.63) is 79.0 Å². The van der Waals surface area contributed by atoms with Gasteiger partial charge < -0.3 is 0 Å². The summed E-state index contributed by atoms with van der Waals surface area (Å²) < 4.78 is 4.71. The maximum Gasteiger partial charge on any atom is 0.198 e. The third-order valence-electron chi connectivity index (χ3n) is 2.94. The van der Waals surface area contributed by atoms with Gasteiger partial charge in [0.1, 0.15) is 0 Å². The van der Waals surface area contributed by atoms with E-state index in [1.54, 1.807) is 0 Å². The third kappa shape index (κ3) is 2.15. The molecule has 3 rings (SSSR count). The second kappa shape index (κ2) is 5.06. The average molecular weight is 247 g/mol. The van der Waals surface area contributed by atoms with Crippen molar-refractivity contribution >= 4 is 8.57 Å². The molecular formula is C16H13NSi. The van der Waals surface area contributed by atoms with Crippen LogP contribution in [-0.4, -0.2) is 13.2 Å². The first-order chi connectivity index (χ1) is 8.95. The molecule has 0 spiro atoms. The summed E-state index contributed by atoms with van der Waals surface area (Å²) in [5, 5.41) is 2.69. The van der Waals surface area contributed by atoms with E-state index in [1.165, 1.54) is 15.9 Å². The monoisotopic (exact) mass is 247 g/mol. The summed E-state index contributed by atoms with van der Waals surface area (Å²) in [6.07, 6.45) is 1.92. The lowest BCUT2D eigenvalue weighted by atomic mass is 10.2. The van der Waals surface area contributed by atoms with Gasteiger partial charge >= 0.3 is 0 Å². The van der Waals surface area contributed by atoms with Crippen molar-refractivity contribution in [2.75, 3.05) is 0 Å². The van der Waals surface area contributed by atoms with E-state index in [4.69, 9.17) is 4.64 Å². The van der Waals surface area contributed by atoms with Gasteiger partial charge in [0.2, 0.25) is 0 Å². The highest BCUT2D eigenvalue weighted by molar-refractivity contribution is 6.66. The molecule has 0 N–H and O–H groups in total. The largest absolute Gasteiger partial charge is 0.299 e. The molecule has 1 heterocycles. The standard InChI is InChI=1S/C16H13NSi/c1-3-8-14(9-4-1)16-12-7-13-17-18(16)15-10-5-2-6-11-15/h1-13H. The molecule has 0 aliphatic carbocycles. The van der Waals surface area contributed by atoms with Gasteiger partial charge in [-0.25, -0.2) is 0 Å². The predicted octanol–water partition coefficient (Wildman–Crippen LogP) is 3.76. The molecule has 0 aliphatic heterocycles. The highest BCUT2D eigenvalue weighted by atomic mass is 28.2. The molecule has 0 unspecified atom stereocenters. The summed E-state index contributed by atoms with van der Waals surface area (Å²) in [6.45, 7) is 0. The number of hydrogen-bond acceptors (Lipinski definition) is 1. The molecule has 0 saturated carbocycles. The molecule has 86 valence electrons. The van der Waals surface area contributed by atoms with E-state index in [2.05, 4.69) is 66.7 Å². The lowest BCUT2D eigenvalue weighted by Crippen LogP contribution is -2.05. The van der Waals surface area contributed by atoms with E-state index in [1.807, 2.05) is 12.3 Å². The number of rotatable bonds is 2. The van der Waals surface area contributed by atoms with Gasteiger partial charge in [-0.15, -0.1) is 0 Å². The van der Waals surface area contributed by atoms with Crippen LogP contribution in [0.5, 0.6) is 0 Å². The fourth-order valence-electron chi connectivity index (χ4n) is 2.08. The van der Waals surface area contributed by atoms with Gasteiger partial charge in [0.25, 0.3) is 0 Å². The fraction of sp³-hybridized carbons (Fsp3) is 0. The molecular weight excluding hydrogens is 234 g/mol. The summed E-state index contributed by atoms with van der Waals surface area (Å²) in [7, 11) is -1.02. The van der Waals surface area contributed by atoms with Crippen LogP contribution in [0.15, 0.2) is 79.0 Å². The lowest BCUT2D eigenvalue weighted by molar-refractivity contribution is 1.47. The molecule has 1 aromatic heterocycles. The molecule has 0 amide bonds. The van der Waals surface area contributed by atoms with Gasteiger partial charge in [-0.1, -0.05) is 66.7 Å². The lowest BCUT2D eigenvalue weighted by Gasteiger charge is -2.07. The van der Waals surface area contributed by atoms with E-state index in [0.29, 0.717) is 0 Å². The van der Waals surface area contributed by atoms with Crippen LogP contribution < -0.4 is 0 Å². The van der Waals surface area contributed by atoms with Crippen molar-refractivity contribution in [3.8, 4) is 15.9 Å². The Balaban J connectivity index is 2.18. The van der Waals surface area contributed by atoms with Gasteiger partial charge in [-0.2, -0.15) is 0 Å². The molecule has 0 bridgehead atoms. The zero-order valence-electron chi connectivity index (χ0n) is 9.95. The molecule has 0 aliphatic rings. The molecule has 2 heteroatoms. The minimum Gasteiger partial charge on any atom is -0.299 e. The molecule has 2 aromatic carbocycles. The quantitative estimate of drug-likeness (QED) is 0.628. The minimum atomic E-state index is -1.02. The summed E-state index contributed by atoms with van der Waals surface area (Å²) in [6, 6.07) is 25.3. The first-order valence-electron chi connectivity index (χ1n) is 6.01. The van der Waals surface area contributed by atoms with Gasteiger partial charge in [0.15, 0.2) is 8.57 Å². The van der Waals surface area contributed by atoms with Gasteiger partial charge in [0.05, 0.1) is 0 Å².